The summed E-state index contributed by atoms with van der Waals surface area (Å²) >= 11 is 1.63. The Hall–Kier alpha value is -1.19. The van der Waals surface area contributed by atoms with E-state index in [9.17, 15) is 9.90 Å². The van der Waals surface area contributed by atoms with Crippen molar-refractivity contribution in [1.82, 2.24) is 0 Å². The van der Waals surface area contributed by atoms with Gasteiger partial charge in [-0.2, -0.15) is 0 Å². The Balaban J connectivity index is 2.32. The van der Waals surface area contributed by atoms with Crippen molar-refractivity contribution in [3.63, 3.8) is 0 Å². The summed E-state index contributed by atoms with van der Waals surface area (Å²) in [6.07, 6.45) is 0.299. The molecule has 0 spiro atoms. The van der Waals surface area contributed by atoms with Crippen LogP contribution in [-0.2, 0) is 11.2 Å². The van der Waals surface area contributed by atoms with Gasteiger partial charge in [0.15, 0.2) is 5.78 Å². The molecule has 1 aromatic carbocycles. The lowest BCUT2D eigenvalue weighted by atomic mass is 9.97. The van der Waals surface area contributed by atoms with Crippen molar-refractivity contribution in [2.45, 2.75) is 25.9 Å². The molecule has 0 atom stereocenters. The fraction of sp³-hybridized carbons (Fsp3) is 0.308. The molecule has 1 aromatic heterocycles. The Kier molecular flexibility index (Phi) is 2.82. The normalized spacial score (nSPS) is 11.9. The Labute approximate surface area is 98.5 Å². The summed E-state index contributed by atoms with van der Waals surface area (Å²) < 4.78 is 1.18. The highest BCUT2D eigenvalue weighted by atomic mass is 32.1. The lowest BCUT2D eigenvalue weighted by Gasteiger charge is -2.14. The van der Waals surface area contributed by atoms with Gasteiger partial charge >= 0.3 is 0 Å². The lowest BCUT2D eigenvalue weighted by Crippen LogP contribution is -2.32. The molecule has 84 valence electrons. The Bertz CT molecular complexity index is 520. The highest BCUT2D eigenvalue weighted by Crippen LogP contribution is 2.26. The van der Waals surface area contributed by atoms with Crippen LogP contribution in [0.3, 0.4) is 0 Å². The first-order chi connectivity index (χ1) is 7.48. The first kappa shape index (κ1) is 11.3. The zero-order chi connectivity index (χ0) is 11.8. The molecule has 0 fully saturated rings. The van der Waals surface area contributed by atoms with Crippen LogP contribution < -0.4 is 0 Å². The van der Waals surface area contributed by atoms with Crippen molar-refractivity contribution in [2.24, 2.45) is 0 Å². The molecule has 0 aliphatic rings. The maximum Gasteiger partial charge on any atom is 0.168 e. The topological polar surface area (TPSA) is 37.3 Å². The minimum atomic E-state index is -1.25. The molecule has 0 unspecified atom stereocenters. The van der Waals surface area contributed by atoms with Gasteiger partial charge in [0.25, 0.3) is 0 Å². The standard InChI is InChI=1S/C13H14O2S/c1-13(2,15)12(14)7-9-8-16-11-6-4-3-5-10(9)11/h3-6,8,15H,7H2,1-2H3. The molecule has 2 nitrogen and oxygen atoms in total. The van der Waals surface area contributed by atoms with Crippen molar-refractivity contribution in [3.05, 3.63) is 35.2 Å². The average molecular weight is 234 g/mol. The number of carbonyl (C=O) groups excluding carboxylic acids is 1. The van der Waals surface area contributed by atoms with Gasteiger partial charge in [0.05, 0.1) is 0 Å². The molecule has 1 heterocycles. The molecular formula is C13H14O2S. The quantitative estimate of drug-likeness (QED) is 0.886. The number of rotatable bonds is 3. The summed E-state index contributed by atoms with van der Waals surface area (Å²) in [6.45, 7) is 3.06. The third kappa shape index (κ3) is 2.15. The van der Waals surface area contributed by atoms with Crippen LogP contribution in [0.15, 0.2) is 29.6 Å². The molecule has 2 aromatic rings. The molecule has 0 aliphatic carbocycles. The fourth-order valence-electron chi connectivity index (χ4n) is 1.56. The number of hydrogen-bond acceptors (Lipinski definition) is 3. The van der Waals surface area contributed by atoms with E-state index in [-0.39, 0.29) is 5.78 Å². The molecule has 3 heteroatoms. The number of aliphatic hydroxyl groups is 1. The van der Waals surface area contributed by atoms with Crippen LogP contribution in [0.25, 0.3) is 10.1 Å². The highest BCUT2D eigenvalue weighted by molar-refractivity contribution is 7.17. The molecule has 0 aliphatic heterocycles. The SMILES string of the molecule is CC(C)(O)C(=O)Cc1csc2ccccc12. The van der Waals surface area contributed by atoms with Crippen LogP contribution >= 0.6 is 11.3 Å². The van der Waals surface area contributed by atoms with E-state index in [4.69, 9.17) is 0 Å². The van der Waals surface area contributed by atoms with Crippen molar-refractivity contribution in [3.8, 4) is 0 Å². The number of Topliss-reactive ketones (excluding diaryl/α,β-unsaturated/α-hetero) is 1. The van der Waals surface area contributed by atoms with E-state index in [0.717, 1.165) is 10.9 Å². The van der Waals surface area contributed by atoms with Gasteiger partial charge in [0, 0.05) is 11.1 Å². The number of carbonyl (C=O) groups is 1. The van der Waals surface area contributed by atoms with Gasteiger partial charge in [-0.05, 0) is 36.2 Å². The van der Waals surface area contributed by atoms with E-state index >= 15 is 0 Å². The highest BCUT2D eigenvalue weighted by Gasteiger charge is 2.24. The Morgan fingerprint density at radius 1 is 1.38 bits per heavy atom. The molecule has 0 amide bonds. The molecule has 2 rings (SSSR count). The van der Waals surface area contributed by atoms with Gasteiger partial charge in [0.1, 0.15) is 5.60 Å². The number of thiophene rings is 1. The van der Waals surface area contributed by atoms with Crippen molar-refractivity contribution in [1.29, 1.82) is 0 Å². The zero-order valence-electron chi connectivity index (χ0n) is 9.36. The second-order valence-corrected chi connectivity index (χ2v) is 5.33. The second-order valence-electron chi connectivity index (χ2n) is 4.42. The smallest absolute Gasteiger partial charge is 0.168 e. The largest absolute Gasteiger partial charge is 0.383 e. The van der Waals surface area contributed by atoms with Gasteiger partial charge in [-0.25, -0.2) is 0 Å². The van der Waals surface area contributed by atoms with Crippen LogP contribution in [0.2, 0.25) is 0 Å². The molecule has 0 radical (unpaired) electrons. The first-order valence-electron chi connectivity index (χ1n) is 5.19. The molecule has 0 saturated carbocycles. The minimum absolute atomic E-state index is 0.143. The maximum atomic E-state index is 11.7. The van der Waals surface area contributed by atoms with Crippen molar-refractivity contribution in [2.75, 3.05) is 0 Å². The summed E-state index contributed by atoms with van der Waals surface area (Å²) in [5.41, 5.74) is -0.240. The number of fused-ring (bicyclic) bond motifs is 1. The molecule has 0 saturated heterocycles. The van der Waals surface area contributed by atoms with Crippen LogP contribution in [0.1, 0.15) is 19.4 Å². The molecular weight excluding hydrogens is 220 g/mol. The molecule has 16 heavy (non-hydrogen) atoms. The van der Waals surface area contributed by atoms with Gasteiger partial charge < -0.3 is 5.11 Å². The van der Waals surface area contributed by atoms with Crippen LogP contribution in [0.5, 0.6) is 0 Å². The van der Waals surface area contributed by atoms with E-state index < -0.39 is 5.60 Å². The summed E-state index contributed by atoms with van der Waals surface area (Å²) in [6, 6.07) is 8.00. The summed E-state index contributed by atoms with van der Waals surface area (Å²) in [4.78, 5) is 11.7. The second kappa shape index (κ2) is 4.00. The van der Waals surface area contributed by atoms with Gasteiger partial charge in [-0.1, -0.05) is 18.2 Å². The van der Waals surface area contributed by atoms with E-state index in [0.29, 0.717) is 6.42 Å². The van der Waals surface area contributed by atoms with Gasteiger partial charge in [-0.3, -0.25) is 4.79 Å². The van der Waals surface area contributed by atoms with Gasteiger partial charge in [-0.15, -0.1) is 11.3 Å². The minimum Gasteiger partial charge on any atom is -0.383 e. The van der Waals surface area contributed by atoms with Gasteiger partial charge in [0.2, 0.25) is 0 Å². The van der Waals surface area contributed by atoms with E-state index in [1.165, 1.54) is 18.5 Å². The monoisotopic (exact) mass is 234 g/mol. The number of benzene rings is 1. The Morgan fingerprint density at radius 3 is 2.75 bits per heavy atom. The van der Waals surface area contributed by atoms with Crippen LogP contribution in [0, 0.1) is 0 Å². The summed E-state index contributed by atoms with van der Waals surface area (Å²) in [5, 5.41) is 12.7. The predicted octanol–water partition coefficient (Wildman–Crippen LogP) is 2.78. The van der Waals surface area contributed by atoms with E-state index in [2.05, 4.69) is 0 Å². The maximum absolute atomic E-state index is 11.7. The average Bonchev–Trinajstić information content (AvgIpc) is 2.61. The van der Waals surface area contributed by atoms with Crippen LogP contribution in [0.4, 0.5) is 0 Å². The number of hydrogen-bond donors (Lipinski definition) is 1. The third-order valence-electron chi connectivity index (χ3n) is 2.59. The first-order valence-corrected chi connectivity index (χ1v) is 6.07. The predicted molar refractivity (Wildman–Crippen MR) is 66.8 cm³/mol. The summed E-state index contributed by atoms with van der Waals surface area (Å²) in [5.74, 6) is -0.143. The fourth-order valence-corrected chi connectivity index (χ4v) is 2.52. The molecule has 1 N–H and O–H groups in total. The zero-order valence-corrected chi connectivity index (χ0v) is 10.2. The van der Waals surface area contributed by atoms with Crippen molar-refractivity contribution < 1.29 is 9.90 Å². The van der Waals surface area contributed by atoms with E-state index in [1.807, 2.05) is 29.6 Å². The van der Waals surface area contributed by atoms with Crippen LogP contribution in [-0.4, -0.2) is 16.5 Å². The van der Waals surface area contributed by atoms with Crippen molar-refractivity contribution >= 4 is 27.2 Å². The Morgan fingerprint density at radius 2 is 2.06 bits per heavy atom. The van der Waals surface area contributed by atoms with E-state index in [1.54, 1.807) is 11.3 Å². The third-order valence-corrected chi connectivity index (χ3v) is 3.61. The molecule has 0 bridgehead atoms. The lowest BCUT2D eigenvalue weighted by molar-refractivity contribution is -0.133. The summed E-state index contributed by atoms with van der Waals surface area (Å²) in [7, 11) is 0. The number of ketones is 1.